The minimum Gasteiger partial charge on any atom is -0.480 e. The monoisotopic (exact) mass is 343 g/mol. The SMILES string of the molecule is O=C(O)C1CCCc2nn(Cc3ccnc(C(F)(F)F)n3)c(=O)n21. The van der Waals surface area contributed by atoms with Gasteiger partial charge in [0, 0.05) is 12.6 Å². The van der Waals surface area contributed by atoms with E-state index in [4.69, 9.17) is 0 Å². The Kier molecular flexibility index (Phi) is 3.85. The zero-order valence-electron chi connectivity index (χ0n) is 12.2. The van der Waals surface area contributed by atoms with Gasteiger partial charge in [0.15, 0.2) is 0 Å². The molecule has 3 rings (SSSR count). The van der Waals surface area contributed by atoms with Crippen LogP contribution in [-0.2, 0) is 23.9 Å². The highest BCUT2D eigenvalue weighted by Gasteiger charge is 2.35. The minimum absolute atomic E-state index is 0.0400. The van der Waals surface area contributed by atoms with E-state index in [0.717, 1.165) is 15.4 Å². The topological polar surface area (TPSA) is 103 Å². The lowest BCUT2D eigenvalue weighted by Crippen LogP contribution is -2.34. The summed E-state index contributed by atoms with van der Waals surface area (Å²) in [6, 6.07) is 0.237. The van der Waals surface area contributed by atoms with Crippen molar-refractivity contribution in [2.45, 2.75) is 38.0 Å². The number of hydrogen-bond donors (Lipinski definition) is 1. The quantitative estimate of drug-likeness (QED) is 0.887. The molecule has 128 valence electrons. The molecule has 1 unspecified atom stereocenters. The second kappa shape index (κ2) is 5.73. The maximum Gasteiger partial charge on any atom is 0.451 e. The Balaban J connectivity index is 1.95. The van der Waals surface area contributed by atoms with Crippen LogP contribution in [0.25, 0.3) is 0 Å². The van der Waals surface area contributed by atoms with Gasteiger partial charge in [-0.25, -0.2) is 24.2 Å². The van der Waals surface area contributed by atoms with Crippen molar-refractivity contribution in [2.75, 3.05) is 0 Å². The molecule has 2 aromatic heterocycles. The van der Waals surface area contributed by atoms with Crippen LogP contribution >= 0.6 is 0 Å². The van der Waals surface area contributed by atoms with Crippen molar-refractivity contribution in [2.24, 2.45) is 0 Å². The lowest BCUT2D eigenvalue weighted by Gasteiger charge is -2.19. The molecular formula is C13H12F3N5O3. The van der Waals surface area contributed by atoms with Crippen LogP contribution in [0.15, 0.2) is 17.1 Å². The van der Waals surface area contributed by atoms with Gasteiger partial charge >= 0.3 is 17.8 Å². The largest absolute Gasteiger partial charge is 0.480 e. The zero-order chi connectivity index (χ0) is 17.5. The highest BCUT2D eigenvalue weighted by molar-refractivity contribution is 5.72. The molecule has 11 heteroatoms. The summed E-state index contributed by atoms with van der Waals surface area (Å²) in [5.41, 5.74) is -0.717. The number of carboxylic acid groups (broad SMARTS) is 1. The van der Waals surface area contributed by atoms with E-state index in [0.29, 0.717) is 25.1 Å². The van der Waals surface area contributed by atoms with Crippen molar-refractivity contribution in [3.63, 3.8) is 0 Å². The third-order valence-electron chi connectivity index (χ3n) is 3.69. The van der Waals surface area contributed by atoms with Gasteiger partial charge in [-0.1, -0.05) is 0 Å². The van der Waals surface area contributed by atoms with Crippen molar-refractivity contribution in [3.8, 4) is 0 Å². The summed E-state index contributed by atoms with van der Waals surface area (Å²) in [4.78, 5) is 30.1. The molecule has 8 nitrogen and oxygen atoms in total. The Morgan fingerprint density at radius 1 is 1.42 bits per heavy atom. The molecule has 1 aliphatic rings. The number of carboxylic acids is 1. The highest BCUT2D eigenvalue weighted by Crippen LogP contribution is 2.26. The Hall–Kier alpha value is -2.72. The minimum atomic E-state index is -4.69. The fraction of sp³-hybridized carbons (Fsp3) is 0.462. The van der Waals surface area contributed by atoms with Gasteiger partial charge < -0.3 is 5.11 Å². The molecule has 0 radical (unpaired) electrons. The molecule has 24 heavy (non-hydrogen) atoms. The van der Waals surface area contributed by atoms with Crippen molar-refractivity contribution < 1.29 is 23.1 Å². The lowest BCUT2D eigenvalue weighted by atomic mass is 10.1. The van der Waals surface area contributed by atoms with Gasteiger partial charge in [-0.15, -0.1) is 0 Å². The molecule has 0 saturated heterocycles. The molecule has 0 saturated carbocycles. The van der Waals surface area contributed by atoms with Crippen LogP contribution < -0.4 is 5.69 Å². The molecule has 0 spiro atoms. The Bertz CT molecular complexity index is 842. The second-order valence-corrected chi connectivity index (χ2v) is 5.34. The summed E-state index contributed by atoms with van der Waals surface area (Å²) >= 11 is 0. The Labute approximate surface area is 132 Å². The first kappa shape index (κ1) is 16.1. The number of halogens is 3. The van der Waals surface area contributed by atoms with Crippen molar-refractivity contribution in [1.29, 1.82) is 0 Å². The molecule has 2 aromatic rings. The predicted octanol–water partition coefficient (Wildman–Crippen LogP) is 0.864. The Morgan fingerprint density at radius 2 is 2.17 bits per heavy atom. The Morgan fingerprint density at radius 3 is 2.83 bits per heavy atom. The van der Waals surface area contributed by atoms with Gasteiger partial charge in [0.05, 0.1) is 12.2 Å². The number of carbonyl (C=O) groups is 1. The van der Waals surface area contributed by atoms with Crippen LogP contribution in [-0.4, -0.2) is 35.4 Å². The summed E-state index contributed by atoms with van der Waals surface area (Å²) in [7, 11) is 0. The molecular weight excluding hydrogens is 331 g/mol. The number of aromatic nitrogens is 5. The van der Waals surface area contributed by atoms with E-state index < -0.39 is 29.7 Å². The average molecular weight is 343 g/mol. The van der Waals surface area contributed by atoms with Gasteiger partial charge in [0.1, 0.15) is 11.9 Å². The second-order valence-electron chi connectivity index (χ2n) is 5.34. The number of aliphatic carboxylic acids is 1. The first-order chi connectivity index (χ1) is 11.3. The van der Waals surface area contributed by atoms with Gasteiger partial charge in [0.2, 0.25) is 5.82 Å². The van der Waals surface area contributed by atoms with E-state index in [1.807, 2.05) is 0 Å². The number of aryl methyl sites for hydroxylation is 1. The number of hydrogen-bond acceptors (Lipinski definition) is 5. The van der Waals surface area contributed by atoms with E-state index >= 15 is 0 Å². The van der Waals surface area contributed by atoms with Crippen molar-refractivity contribution in [1.82, 2.24) is 24.3 Å². The van der Waals surface area contributed by atoms with E-state index in [-0.39, 0.29) is 12.2 Å². The van der Waals surface area contributed by atoms with Gasteiger partial charge in [-0.2, -0.15) is 18.3 Å². The molecule has 1 aliphatic heterocycles. The number of nitrogens with zero attached hydrogens (tertiary/aromatic N) is 5. The van der Waals surface area contributed by atoms with E-state index in [2.05, 4.69) is 15.1 Å². The first-order valence-electron chi connectivity index (χ1n) is 7.07. The molecule has 0 amide bonds. The maximum absolute atomic E-state index is 12.6. The van der Waals surface area contributed by atoms with Gasteiger partial charge in [-0.05, 0) is 18.9 Å². The van der Waals surface area contributed by atoms with Crippen molar-refractivity contribution in [3.05, 3.63) is 40.1 Å². The summed E-state index contributed by atoms with van der Waals surface area (Å²) in [6.45, 7) is -0.295. The fourth-order valence-corrected chi connectivity index (χ4v) is 2.64. The smallest absolute Gasteiger partial charge is 0.451 e. The molecule has 1 atom stereocenters. The highest BCUT2D eigenvalue weighted by atomic mass is 19.4. The zero-order valence-corrected chi connectivity index (χ0v) is 12.2. The first-order valence-corrected chi connectivity index (χ1v) is 7.07. The standard InChI is InChI=1S/C13H12F3N5O3/c14-13(15,16)11-17-5-4-7(18-11)6-20-12(24)21-8(10(22)23)2-1-3-9(21)19-20/h4-5,8H,1-3,6H2,(H,22,23). The molecule has 0 bridgehead atoms. The predicted molar refractivity (Wildman–Crippen MR) is 72.2 cm³/mol. The van der Waals surface area contributed by atoms with Crippen LogP contribution in [0.4, 0.5) is 13.2 Å². The lowest BCUT2D eigenvalue weighted by molar-refractivity contribution is -0.145. The third kappa shape index (κ3) is 2.88. The van der Waals surface area contributed by atoms with E-state index in [1.54, 1.807) is 0 Å². The van der Waals surface area contributed by atoms with Gasteiger partial charge in [-0.3, -0.25) is 4.57 Å². The van der Waals surface area contributed by atoms with E-state index in [1.165, 1.54) is 6.07 Å². The summed E-state index contributed by atoms with van der Waals surface area (Å²) in [5, 5.41) is 13.2. The molecule has 1 N–H and O–H groups in total. The number of rotatable bonds is 3. The van der Waals surface area contributed by atoms with Crippen LogP contribution in [0.2, 0.25) is 0 Å². The van der Waals surface area contributed by atoms with Crippen LogP contribution in [0, 0.1) is 0 Å². The summed E-state index contributed by atoms with van der Waals surface area (Å²) < 4.78 is 39.9. The van der Waals surface area contributed by atoms with Gasteiger partial charge in [0.25, 0.3) is 0 Å². The molecule has 0 aliphatic carbocycles. The van der Waals surface area contributed by atoms with Crippen LogP contribution in [0.3, 0.4) is 0 Å². The maximum atomic E-state index is 12.6. The molecule has 3 heterocycles. The summed E-state index contributed by atoms with van der Waals surface area (Å²) in [6.07, 6.45) is -2.43. The normalized spacial score (nSPS) is 17.5. The average Bonchev–Trinajstić information content (AvgIpc) is 2.83. The fourth-order valence-electron chi connectivity index (χ4n) is 2.64. The third-order valence-corrected chi connectivity index (χ3v) is 3.69. The number of alkyl halides is 3. The van der Waals surface area contributed by atoms with Crippen molar-refractivity contribution >= 4 is 5.97 Å². The molecule has 0 fully saturated rings. The number of fused-ring (bicyclic) bond motifs is 1. The van der Waals surface area contributed by atoms with Crippen LogP contribution in [0.5, 0.6) is 0 Å². The van der Waals surface area contributed by atoms with Crippen LogP contribution in [0.1, 0.15) is 36.2 Å². The molecule has 0 aromatic carbocycles. The van der Waals surface area contributed by atoms with E-state index in [9.17, 15) is 27.9 Å². The summed E-state index contributed by atoms with van der Waals surface area (Å²) in [5.74, 6) is -2.14.